The van der Waals surface area contributed by atoms with Crippen LogP contribution < -0.4 is 0 Å². The van der Waals surface area contributed by atoms with Crippen molar-refractivity contribution in [2.24, 2.45) is 0 Å². The minimum Gasteiger partial charge on any atom is -0.298 e. The predicted molar refractivity (Wildman–Crippen MR) is 47.0 cm³/mol. The fraction of sp³-hybridized carbons (Fsp3) is 0.889. The van der Waals surface area contributed by atoms with Crippen LogP contribution in [0.3, 0.4) is 0 Å². The molecule has 0 N–H and O–H groups in total. The van der Waals surface area contributed by atoms with Crippen LogP contribution in [-0.4, -0.2) is 23.5 Å². The fourth-order valence-corrected chi connectivity index (χ4v) is 1.23. The molecule has 0 unspecified atom stereocenters. The lowest BCUT2D eigenvalue weighted by molar-refractivity contribution is 0.190. The second-order valence-corrected chi connectivity index (χ2v) is 3.29. The van der Waals surface area contributed by atoms with Gasteiger partial charge in [0.05, 0.1) is 0 Å². The van der Waals surface area contributed by atoms with Crippen LogP contribution in [-0.2, 0) is 0 Å². The zero-order valence-electron chi connectivity index (χ0n) is 7.89. The zero-order chi connectivity index (χ0) is 8.15. The molecule has 0 aromatic rings. The highest BCUT2D eigenvalue weighted by molar-refractivity contribution is 4.72. The predicted octanol–water partition coefficient (Wildman–Crippen LogP) is 2.33. The largest absolute Gasteiger partial charge is 0.298 e. The molecule has 0 spiro atoms. The Bertz CT molecular complexity index is 68.8. The number of nitrogens with zero attached hydrogens (tertiary/aromatic N) is 1. The smallest absolute Gasteiger partial charge is 0.00414 e. The Morgan fingerprint density at radius 3 is 1.60 bits per heavy atom. The molecule has 10 heavy (non-hydrogen) atoms. The maximum atomic E-state index is 2.46. The van der Waals surface area contributed by atoms with Gasteiger partial charge in [0, 0.05) is 18.6 Å². The number of rotatable bonds is 4. The van der Waals surface area contributed by atoms with Gasteiger partial charge in [-0.2, -0.15) is 0 Å². The summed E-state index contributed by atoms with van der Waals surface area (Å²) < 4.78 is 0. The molecule has 0 aromatic carbocycles. The zero-order valence-corrected chi connectivity index (χ0v) is 7.89. The van der Waals surface area contributed by atoms with Gasteiger partial charge < -0.3 is 0 Å². The summed E-state index contributed by atoms with van der Waals surface area (Å²) in [5.74, 6) is 0. The van der Waals surface area contributed by atoms with Crippen molar-refractivity contribution in [1.82, 2.24) is 4.90 Å². The van der Waals surface area contributed by atoms with Crippen molar-refractivity contribution in [3.8, 4) is 0 Å². The SMILES string of the molecule is C[CH]CN(C(C)C)C(C)C. The van der Waals surface area contributed by atoms with Gasteiger partial charge in [-0.15, -0.1) is 0 Å². The van der Waals surface area contributed by atoms with E-state index in [9.17, 15) is 0 Å². The number of hydrogen-bond donors (Lipinski definition) is 0. The highest BCUT2D eigenvalue weighted by atomic mass is 15.2. The van der Waals surface area contributed by atoms with Crippen LogP contribution in [0, 0.1) is 6.42 Å². The molecule has 0 aliphatic carbocycles. The summed E-state index contributed by atoms with van der Waals surface area (Å²) in [5, 5.41) is 0. The first-order chi connectivity index (χ1) is 4.59. The lowest BCUT2D eigenvalue weighted by Crippen LogP contribution is -2.37. The molecule has 0 amide bonds. The maximum Gasteiger partial charge on any atom is 0.00414 e. The third-order valence-corrected chi connectivity index (χ3v) is 1.72. The molecule has 1 heteroatoms. The quantitative estimate of drug-likeness (QED) is 0.582. The van der Waals surface area contributed by atoms with Crippen molar-refractivity contribution in [3.63, 3.8) is 0 Å². The Morgan fingerprint density at radius 2 is 1.50 bits per heavy atom. The van der Waals surface area contributed by atoms with Crippen molar-refractivity contribution in [1.29, 1.82) is 0 Å². The van der Waals surface area contributed by atoms with E-state index in [0.29, 0.717) is 12.1 Å². The Balaban J connectivity index is 3.73. The standard InChI is InChI=1S/C9H20N/c1-6-7-10(8(2)3)9(4)5/h6,8-9H,7H2,1-5H3. The molecule has 0 rings (SSSR count). The van der Waals surface area contributed by atoms with E-state index in [1.807, 2.05) is 0 Å². The third-order valence-electron chi connectivity index (χ3n) is 1.72. The minimum atomic E-state index is 0.663. The summed E-state index contributed by atoms with van der Waals surface area (Å²) in [5.41, 5.74) is 0. The van der Waals surface area contributed by atoms with Gasteiger partial charge in [0.15, 0.2) is 0 Å². The highest BCUT2D eigenvalue weighted by Gasteiger charge is 2.10. The van der Waals surface area contributed by atoms with E-state index in [1.165, 1.54) is 0 Å². The first-order valence-corrected chi connectivity index (χ1v) is 4.13. The molecule has 0 atom stereocenters. The molecule has 0 aliphatic rings. The monoisotopic (exact) mass is 142 g/mol. The van der Waals surface area contributed by atoms with Crippen molar-refractivity contribution < 1.29 is 0 Å². The molecule has 0 saturated carbocycles. The van der Waals surface area contributed by atoms with Gasteiger partial charge in [0.2, 0.25) is 0 Å². The van der Waals surface area contributed by atoms with Gasteiger partial charge in [0.25, 0.3) is 0 Å². The summed E-state index contributed by atoms with van der Waals surface area (Å²) in [6.07, 6.45) is 2.21. The second kappa shape index (κ2) is 4.73. The molecule has 0 aliphatic heterocycles. The van der Waals surface area contributed by atoms with Gasteiger partial charge in [-0.25, -0.2) is 0 Å². The molecule has 0 bridgehead atoms. The summed E-state index contributed by atoms with van der Waals surface area (Å²) in [6.45, 7) is 12.2. The average Bonchev–Trinajstić information content (AvgIpc) is 1.81. The van der Waals surface area contributed by atoms with E-state index in [4.69, 9.17) is 0 Å². The van der Waals surface area contributed by atoms with Crippen LogP contribution in [0.2, 0.25) is 0 Å². The molecule has 0 heterocycles. The fourth-order valence-electron chi connectivity index (χ4n) is 1.23. The first kappa shape index (κ1) is 9.96. The van der Waals surface area contributed by atoms with Crippen LogP contribution in [0.15, 0.2) is 0 Å². The Kier molecular flexibility index (Phi) is 4.71. The van der Waals surface area contributed by atoms with Gasteiger partial charge >= 0.3 is 0 Å². The minimum absolute atomic E-state index is 0.663. The number of hydrogen-bond acceptors (Lipinski definition) is 1. The molecular weight excluding hydrogens is 122 g/mol. The molecule has 0 saturated heterocycles. The van der Waals surface area contributed by atoms with E-state index in [-0.39, 0.29) is 0 Å². The van der Waals surface area contributed by atoms with Crippen molar-refractivity contribution >= 4 is 0 Å². The maximum absolute atomic E-state index is 2.46. The van der Waals surface area contributed by atoms with Crippen molar-refractivity contribution in [3.05, 3.63) is 6.42 Å². The third kappa shape index (κ3) is 3.21. The first-order valence-electron chi connectivity index (χ1n) is 4.13. The van der Waals surface area contributed by atoms with E-state index in [1.54, 1.807) is 0 Å². The Labute approximate surface area is 65.4 Å². The Morgan fingerprint density at radius 1 is 1.10 bits per heavy atom. The van der Waals surface area contributed by atoms with Crippen LogP contribution in [0.1, 0.15) is 34.6 Å². The lowest BCUT2D eigenvalue weighted by Gasteiger charge is -2.29. The summed E-state index contributed by atoms with van der Waals surface area (Å²) in [6, 6.07) is 1.33. The topological polar surface area (TPSA) is 3.24 Å². The van der Waals surface area contributed by atoms with Gasteiger partial charge in [0.1, 0.15) is 0 Å². The molecule has 61 valence electrons. The van der Waals surface area contributed by atoms with Crippen LogP contribution in [0.4, 0.5) is 0 Å². The summed E-state index contributed by atoms with van der Waals surface area (Å²) in [7, 11) is 0. The summed E-state index contributed by atoms with van der Waals surface area (Å²) >= 11 is 0. The molecule has 1 radical (unpaired) electrons. The van der Waals surface area contributed by atoms with Gasteiger partial charge in [-0.1, -0.05) is 6.92 Å². The van der Waals surface area contributed by atoms with E-state index in [2.05, 4.69) is 45.9 Å². The van der Waals surface area contributed by atoms with E-state index >= 15 is 0 Å². The Hall–Kier alpha value is -0.0400. The van der Waals surface area contributed by atoms with Crippen LogP contribution in [0.25, 0.3) is 0 Å². The molecule has 0 aromatic heterocycles. The van der Waals surface area contributed by atoms with E-state index in [0.717, 1.165) is 6.54 Å². The summed E-state index contributed by atoms with van der Waals surface area (Å²) in [4.78, 5) is 2.46. The molecular formula is C9H20N. The van der Waals surface area contributed by atoms with Gasteiger partial charge in [-0.3, -0.25) is 4.90 Å². The van der Waals surface area contributed by atoms with Crippen molar-refractivity contribution in [2.75, 3.05) is 6.54 Å². The second-order valence-electron chi connectivity index (χ2n) is 3.29. The van der Waals surface area contributed by atoms with Crippen LogP contribution >= 0.6 is 0 Å². The highest BCUT2D eigenvalue weighted by Crippen LogP contribution is 2.04. The van der Waals surface area contributed by atoms with Crippen molar-refractivity contribution in [2.45, 2.75) is 46.7 Å². The molecule has 0 fully saturated rings. The normalized spacial score (nSPS) is 12.0. The van der Waals surface area contributed by atoms with Crippen LogP contribution in [0.5, 0.6) is 0 Å². The van der Waals surface area contributed by atoms with Gasteiger partial charge in [-0.05, 0) is 34.1 Å². The van der Waals surface area contributed by atoms with E-state index < -0.39 is 0 Å². The average molecular weight is 142 g/mol. The molecule has 1 nitrogen and oxygen atoms in total. The lowest BCUT2D eigenvalue weighted by atomic mass is 10.2.